The number of hydrogen-bond acceptors (Lipinski definition) is 3. The summed E-state index contributed by atoms with van der Waals surface area (Å²) in [4.78, 5) is 19.9. The van der Waals surface area contributed by atoms with Gasteiger partial charge in [-0.05, 0) is 12.5 Å². The molecule has 0 atom stereocenters. The van der Waals surface area contributed by atoms with E-state index in [0.29, 0.717) is 0 Å². The van der Waals surface area contributed by atoms with Gasteiger partial charge in [-0.1, -0.05) is 0 Å². The van der Waals surface area contributed by atoms with Crippen LogP contribution in [0.1, 0.15) is 6.92 Å². The molecule has 0 spiro atoms. The minimum absolute atomic E-state index is 0.194. The van der Waals surface area contributed by atoms with Gasteiger partial charge in [0.25, 0.3) is 0 Å². The molecular formula is C5H9NO3S. The van der Waals surface area contributed by atoms with Crippen molar-refractivity contribution in [3.05, 3.63) is 10.1 Å². The molecule has 0 rings (SSSR count). The van der Waals surface area contributed by atoms with Crippen LogP contribution in [0.4, 0.5) is 0 Å². The summed E-state index contributed by atoms with van der Waals surface area (Å²) in [7, 11) is -0.546. The highest BCUT2D eigenvalue weighted by molar-refractivity contribution is 8.15. The predicted octanol–water partition coefficient (Wildman–Crippen LogP) is 0.510. The first kappa shape index (κ1) is 9.29. The molecule has 0 saturated carbocycles. The standard InChI is InChI=1S/C5H9NO3S/c1-4(7)5(6(8)9)10(2)3/h1-3H3. The Morgan fingerprint density at radius 2 is 1.90 bits per heavy atom. The average molecular weight is 163 g/mol. The van der Waals surface area contributed by atoms with Crippen LogP contribution in [0, 0.1) is 10.1 Å². The first-order chi connectivity index (χ1) is 4.46. The Labute approximate surface area is 61.3 Å². The lowest BCUT2D eigenvalue weighted by Gasteiger charge is -1.94. The van der Waals surface area contributed by atoms with Gasteiger partial charge in [-0.15, -0.1) is 10.5 Å². The Morgan fingerprint density at radius 1 is 1.50 bits per heavy atom. The number of hydrogen-bond donors (Lipinski definition) is 0. The molecule has 0 heterocycles. The summed E-state index contributed by atoms with van der Waals surface area (Å²) in [6, 6.07) is 0. The third kappa shape index (κ3) is 2.26. The van der Waals surface area contributed by atoms with Gasteiger partial charge in [0.1, 0.15) is 0 Å². The summed E-state index contributed by atoms with van der Waals surface area (Å²) in [6.45, 7) is 1.21. The summed E-state index contributed by atoms with van der Waals surface area (Å²) in [6.07, 6.45) is 3.30. The molecule has 0 aromatic rings. The maximum Gasteiger partial charge on any atom is 0.335 e. The lowest BCUT2D eigenvalue weighted by Crippen LogP contribution is -2.20. The van der Waals surface area contributed by atoms with Gasteiger partial charge < -0.3 is 0 Å². The van der Waals surface area contributed by atoms with Crippen molar-refractivity contribution in [3.63, 3.8) is 0 Å². The monoisotopic (exact) mass is 163 g/mol. The number of carbonyl (C=O) groups excluding carboxylic acids is 1. The van der Waals surface area contributed by atoms with E-state index in [2.05, 4.69) is 0 Å². The number of carbonyl (C=O) groups is 1. The Hall–Kier alpha value is -0.710. The van der Waals surface area contributed by atoms with E-state index >= 15 is 0 Å². The molecule has 0 aliphatic carbocycles. The third-order valence-corrected chi connectivity index (χ3v) is 2.06. The normalized spacial score (nSPS) is 9.60. The van der Waals surface area contributed by atoms with Crippen molar-refractivity contribution in [1.82, 2.24) is 0 Å². The first-order valence-electron chi connectivity index (χ1n) is 2.56. The van der Waals surface area contributed by atoms with E-state index in [4.69, 9.17) is 0 Å². The van der Waals surface area contributed by atoms with Crippen LogP contribution in [0.25, 0.3) is 0 Å². The van der Waals surface area contributed by atoms with E-state index in [1.807, 2.05) is 0 Å². The van der Waals surface area contributed by atoms with Gasteiger partial charge in [-0.25, -0.2) is 0 Å². The molecule has 0 amide bonds. The van der Waals surface area contributed by atoms with E-state index in [-0.39, 0.29) is 4.99 Å². The SMILES string of the molecule is CC(=O)C([N+](=O)[O-])=S(C)C. The second-order valence-corrected chi connectivity index (χ2v) is 3.95. The molecule has 0 aliphatic rings. The number of nitro groups is 1. The lowest BCUT2D eigenvalue weighted by molar-refractivity contribution is -0.344. The van der Waals surface area contributed by atoms with Crippen LogP contribution in [0.2, 0.25) is 0 Å². The summed E-state index contributed by atoms with van der Waals surface area (Å²) in [5.74, 6) is -0.446. The Balaban J connectivity index is 4.79. The van der Waals surface area contributed by atoms with Crippen LogP contribution in [-0.4, -0.2) is 28.2 Å². The molecule has 0 bridgehead atoms. The minimum Gasteiger partial charge on any atom is -0.287 e. The van der Waals surface area contributed by atoms with E-state index in [1.54, 1.807) is 12.5 Å². The highest BCUT2D eigenvalue weighted by atomic mass is 32.2. The van der Waals surface area contributed by atoms with Crippen molar-refractivity contribution >= 4 is 21.3 Å². The summed E-state index contributed by atoms with van der Waals surface area (Å²) < 4.78 is 0. The molecule has 5 heteroatoms. The number of nitrogens with zero attached hydrogens (tertiary/aromatic N) is 1. The number of ketones is 1. The topological polar surface area (TPSA) is 60.2 Å². The van der Waals surface area contributed by atoms with E-state index in [0.717, 1.165) is 0 Å². The van der Waals surface area contributed by atoms with Crippen molar-refractivity contribution in [2.45, 2.75) is 6.92 Å². The van der Waals surface area contributed by atoms with Gasteiger partial charge in [0, 0.05) is 6.92 Å². The third-order valence-electron chi connectivity index (χ3n) is 0.854. The smallest absolute Gasteiger partial charge is 0.287 e. The van der Waals surface area contributed by atoms with Crippen molar-refractivity contribution in [2.24, 2.45) is 0 Å². The lowest BCUT2D eigenvalue weighted by atomic mass is 10.5. The molecule has 4 nitrogen and oxygen atoms in total. The molecule has 0 radical (unpaired) electrons. The fourth-order valence-corrected chi connectivity index (χ4v) is 1.44. The second kappa shape index (κ2) is 3.46. The molecule has 0 saturated heterocycles. The van der Waals surface area contributed by atoms with E-state index in [1.165, 1.54) is 6.92 Å². The Bertz CT molecular complexity index is 189. The zero-order valence-electron chi connectivity index (χ0n) is 6.08. The van der Waals surface area contributed by atoms with Crippen LogP contribution in [-0.2, 0) is 4.79 Å². The highest BCUT2D eigenvalue weighted by Crippen LogP contribution is 2.03. The van der Waals surface area contributed by atoms with Crippen LogP contribution >= 0.6 is 10.5 Å². The largest absolute Gasteiger partial charge is 0.335 e. The maximum atomic E-state index is 10.6. The van der Waals surface area contributed by atoms with Gasteiger partial charge in [-0.3, -0.25) is 14.9 Å². The summed E-state index contributed by atoms with van der Waals surface area (Å²) in [5, 5.41) is 10.1. The molecule has 10 heavy (non-hydrogen) atoms. The summed E-state index contributed by atoms with van der Waals surface area (Å²) in [5.41, 5.74) is 0. The maximum absolute atomic E-state index is 10.6. The Kier molecular flexibility index (Phi) is 3.21. The zero-order chi connectivity index (χ0) is 8.31. The first-order valence-corrected chi connectivity index (χ1v) is 4.60. The highest BCUT2D eigenvalue weighted by Gasteiger charge is 2.17. The number of Topliss-reactive ketones (excluding diaryl/α,β-unsaturated/α-hetero) is 1. The predicted molar refractivity (Wildman–Crippen MR) is 42.1 cm³/mol. The zero-order valence-corrected chi connectivity index (χ0v) is 6.90. The molecule has 0 N–H and O–H groups in total. The molecular weight excluding hydrogens is 154 g/mol. The van der Waals surface area contributed by atoms with Gasteiger partial charge >= 0.3 is 4.99 Å². The minimum atomic E-state index is -0.606. The second-order valence-electron chi connectivity index (χ2n) is 1.93. The van der Waals surface area contributed by atoms with Crippen molar-refractivity contribution < 1.29 is 9.72 Å². The number of rotatable bonds is 1. The van der Waals surface area contributed by atoms with Crippen molar-refractivity contribution in [1.29, 1.82) is 0 Å². The fourth-order valence-electron chi connectivity index (χ4n) is 0.565. The van der Waals surface area contributed by atoms with Crippen molar-refractivity contribution in [3.8, 4) is 0 Å². The molecule has 0 aromatic heterocycles. The van der Waals surface area contributed by atoms with Gasteiger partial charge in [0.2, 0.25) is 5.78 Å². The van der Waals surface area contributed by atoms with Crippen LogP contribution in [0.3, 0.4) is 0 Å². The quantitative estimate of drug-likeness (QED) is 0.321. The molecule has 0 aliphatic heterocycles. The molecule has 0 fully saturated rings. The van der Waals surface area contributed by atoms with Gasteiger partial charge in [0.05, 0.1) is 4.92 Å². The summed E-state index contributed by atoms with van der Waals surface area (Å²) >= 11 is 0. The van der Waals surface area contributed by atoms with Gasteiger partial charge in [-0.2, -0.15) is 0 Å². The van der Waals surface area contributed by atoms with Crippen LogP contribution in [0.15, 0.2) is 0 Å². The molecule has 0 aromatic carbocycles. The average Bonchev–Trinajstić information content (AvgIpc) is 1.59. The van der Waals surface area contributed by atoms with E-state index < -0.39 is 21.2 Å². The van der Waals surface area contributed by atoms with Crippen molar-refractivity contribution in [2.75, 3.05) is 12.5 Å². The molecule has 58 valence electrons. The van der Waals surface area contributed by atoms with Crippen LogP contribution in [0.5, 0.6) is 0 Å². The fraction of sp³-hybridized carbons (Fsp3) is 0.600. The van der Waals surface area contributed by atoms with E-state index in [9.17, 15) is 14.9 Å². The molecule has 0 unspecified atom stereocenters. The van der Waals surface area contributed by atoms with Crippen LogP contribution < -0.4 is 0 Å². The van der Waals surface area contributed by atoms with Gasteiger partial charge in [0.15, 0.2) is 0 Å². The Morgan fingerprint density at radius 3 is 1.90 bits per heavy atom.